The van der Waals surface area contributed by atoms with Crippen LogP contribution in [0.25, 0.3) is 22.2 Å². The second kappa shape index (κ2) is 10.9. The zero-order valence-corrected chi connectivity index (χ0v) is 21.0. The van der Waals surface area contributed by atoms with Crippen molar-refractivity contribution in [2.75, 3.05) is 13.7 Å². The highest BCUT2D eigenvalue weighted by molar-refractivity contribution is 6.02. The van der Waals surface area contributed by atoms with E-state index < -0.39 is 5.97 Å². The summed E-state index contributed by atoms with van der Waals surface area (Å²) >= 11 is 0. The van der Waals surface area contributed by atoms with Crippen LogP contribution in [0, 0.1) is 11.3 Å². The number of benzene rings is 4. The normalized spacial score (nSPS) is 10.7. The third-order valence-corrected chi connectivity index (χ3v) is 6.11. The third-order valence-electron chi connectivity index (χ3n) is 6.11. The van der Waals surface area contributed by atoms with Gasteiger partial charge in [-0.3, -0.25) is 4.57 Å². The lowest BCUT2D eigenvalue weighted by atomic mass is 9.99. The van der Waals surface area contributed by atoms with E-state index in [1.54, 1.807) is 24.3 Å². The first kappa shape index (κ1) is 24.6. The van der Waals surface area contributed by atoms with Crippen LogP contribution in [0.3, 0.4) is 0 Å². The van der Waals surface area contributed by atoms with Gasteiger partial charge in [-0.2, -0.15) is 10.2 Å². The Balaban J connectivity index is 1.48. The van der Waals surface area contributed by atoms with Crippen LogP contribution in [-0.2, 0) is 11.3 Å². The Morgan fingerprint density at radius 1 is 0.947 bits per heavy atom. The first-order valence-electron chi connectivity index (χ1n) is 12.2. The number of para-hydroxylation sites is 2. The summed E-state index contributed by atoms with van der Waals surface area (Å²) in [5.74, 6) is 0.940. The molecule has 0 aliphatic heterocycles. The molecule has 0 bridgehead atoms. The number of hydrogen-bond acceptors (Lipinski definition) is 6. The van der Waals surface area contributed by atoms with Crippen LogP contribution in [0.2, 0.25) is 0 Å². The average Bonchev–Trinajstić information content (AvgIpc) is 3.30. The van der Waals surface area contributed by atoms with Crippen molar-refractivity contribution in [1.29, 1.82) is 5.26 Å². The van der Waals surface area contributed by atoms with Crippen LogP contribution >= 0.6 is 0 Å². The highest BCUT2D eigenvalue weighted by atomic mass is 16.5. The van der Waals surface area contributed by atoms with E-state index in [2.05, 4.69) is 11.1 Å². The lowest BCUT2D eigenvalue weighted by molar-refractivity contribution is 0.0602. The number of rotatable bonds is 8. The van der Waals surface area contributed by atoms with Crippen molar-refractivity contribution in [3.63, 3.8) is 0 Å². The number of esters is 1. The largest absolute Gasteiger partial charge is 0.465 e. The van der Waals surface area contributed by atoms with E-state index in [1.165, 1.54) is 7.11 Å². The molecule has 5 aromatic rings. The molecule has 4 aromatic carbocycles. The average molecular weight is 504 g/mol. The van der Waals surface area contributed by atoms with Gasteiger partial charge in [-0.25, -0.2) is 4.79 Å². The minimum Gasteiger partial charge on any atom is -0.465 e. The molecular formula is C31H25N3O4. The van der Waals surface area contributed by atoms with Crippen LogP contribution in [0.5, 0.6) is 17.5 Å². The fourth-order valence-electron chi connectivity index (χ4n) is 4.34. The predicted octanol–water partition coefficient (Wildman–Crippen LogP) is 6.60. The number of aromatic nitrogens is 2. The Labute approximate surface area is 220 Å². The van der Waals surface area contributed by atoms with Gasteiger partial charge in [0.25, 0.3) is 6.01 Å². The van der Waals surface area contributed by atoms with Gasteiger partial charge in [0.1, 0.15) is 11.5 Å². The van der Waals surface area contributed by atoms with Gasteiger partial charge in [-0.1, -0.05) is 48.5 Å². The number of imidazole rings is 1. The molecule has 0 aliphatic rings. The van der Waals surface area contributed by atoms with Crippen LogP contribution < -0.4 is 9.47 Å². The predicted molar refractivity (Wildman–Crippen MR) is 144 cm³/mol. The molecule has 1 aromatic heterocycles. The van der Waals surface area contributed by atoms with Gasteiger partial charge >= 0.3 is 5.97 Å². The summed E-state index contributed by atoms with van der Waals surface area (Å²) in [7, 11) is 1.36. The van der Waals surface area contributed by atoms with E-state index in [9.17, 15) is 10.1 Å². The molecule has 0 radical (unpaired) electrons. The van der Waals surface area contributed by atoms with Crippen molar-refractivity contribution in [1.82, 2.24) is 9.55 Å². The molecule has 0 amide bonds. The highest BCUT2D eigenvalue weighted by Crippen LogP contribution is 2.31. The summed E-state index contributed by atoms with van der Waals surface area (Å²) in [6.07, 6.45) is 0. The van der Waals surface area contributed by atoms with Gasteiger partial charge < -0.3 is 14.2 Å². The lowest BCUT2D eigenvalue weighted by Crippen LogP contribution is -2.09. The molecule has 5 rings (SSSR count). The first-order chi connectivity index (χ1) is 18.6. The van der Waals surface area contributed by atoms with Crippen LogP contribution in [0.4, 0.5) is 0 Å². The van der Waals surface area contributed by atoms with Crippen molar-refractivity contribution >= 4 is 17.0 Å². The van der Waals surface area contributed by atoms with Gasteiger partial charge in [0.2, 0.25) is 0 Å². The monoisotopic (exact) mass is 503 g/mol. The maximum absolute atomic E-state index is 12.5. The van der Waals surface area contributed by atoms with E-state index in [0.29, 0.717) is 47.1 Å². The van der Waals surface area contributed by atoms with Crippen LogP contribution in [0.1, 0.15) is 28.4 Å². The molecule has 0 unspecified atom stereocenters. The van der Waals surface area contributed by atoms with Gasteiger partial charge in [0, 0.05) is 5.56 Å². The number of methoxy groups -OCH3 is 1. The topological polar surface area (TPSA) is 86.4 Å². The fourth-order valence-corrected chi connectivity index (χ4v) is 4.34. The van der Waals surface area contributed by atoms with E-state index >= 15 is 0 Å². The van der Waals surface area contributed by atoms with E-state index in [1.807, 2.05) is 78.2 Å². The van der Waals surface area contributed by atoms with Crippen molar-refractivity contribution < 1.29 is 19.0 Å². The summed E-state index contributed by atoms with van der Waals surface area (Å²) in [6, 6.07) is 30.9. The first-order valence-corrected chi connectivity index (χ1v) is 12.2. The molecule has 7 nitrogen and oxygen atoms in total. The molecule has 0 fully saturated rings. The zero-order chi connectivity index (χ0) is 26.5. The number of fused-ring (bicyclic) bond motifs is 1. The van der Waals surface area contributed by atoms with Gasteiger partial charge in [-0.15, -0.1) is 0 Å². The smallest absolute Gasteiger partial charge is 0.340 e. The highest BCUT2D eigenvalue weighted by Gasteiger charge is 2.20. The molecule has 0 saturated heterocycles. The summed E-state index contributed by atoms with van der Waals surface area (Å²) in [6.45, 7) is 2.76. The number of nitriles is 1. The van der Waals surface area contributed by atoms with E-state index in [0.717, 1.165) is 22.4 Å². The van der Waals surface area contributed by atoms with E-state index in [-0.39, 0.29) is 0 Å². The summed E-state index contributed by atoms with van der Waals surface area (Å²) in [4.78, 5) is 17.1. The molecule has 38 heavy (non-hydrogen) atoms. The number of hydrogen-bond donors (Lipinski definition) is 0. The van der Waals surface area contributed by atoms with E-state index in [4.69, 9.17) is 14.2 Å². The Morgan fingerprint density at radius 3 is 2.45 bits per heavy atom. The Bertz CT molecular complexity index is 1630. The quantitative estimate of drug-likeness (QED) is 0.222. The van der Waals surface area contributed by atoms with Crippen molar-refractivity contribution in [3.8, 4) is 34.7 Å². The summed E-state index contributed by atoms with van der Waals surface area (Å²) < 4.78 is 18.7. The van der Waals surface area contributed by atoms with Crippen LogP contribution in [-0.4, -0.2) is 29.2 Å². The van der Waals surface area contributed by atoms with Gasteiger partial charge in [0.05, 0.1) is 48.5 Å². The molecule has 188 valence electrons. The SMILES string of the molecule is CCOc1nc2cccc(C(=O)OC)c2n1Cc1ccc(-c2cc(Oc3ccccc3)ccc2C#N)cc1. The van der Waals surface area contributed by atoms with Crippen LogP contribution in [0.15, 0.2) is 91.0 Å². The molecular weight excluding hydrogens is 478 g/mol. The Kier molecular flexibility index (Phi) is 7.05. The maximum atomic E-state index is 12.5. The fraction of sp³-hybridized carbons (Fsp3) is 0.129. The van der Waals surface area contributed by atoms with Crippen molar-refractivity contribution in [3.05, 3.63) is 108 Å². The molecule has 0 N–H and O–H groups in total. The maximum Gasteiger partial charge on any atom is 0.340 e. The van der Waals surface area contributed by atoms with Gasteiger partial charge in [0.15, 0.2) is 0 Å². The number of nitrogens with zero attached hydrogens (tertiary/aromatic N) is 3. The summed E-state index contributed by atoms with van der Waals surface area (Å²) in [5.41, 5.74) is 4.94. The molecule has 0 aliphatic carbocycles. The Morgan fingerprint density at radius 2 is 1.74 bits per heavy atom. The summed E-state index contributed by atoms with van der Waals surface area (Å²) in [5, 5.41) is 9.71. The second-order valence-corrected chi connectivity index (χ2v) is 8.51. The molecule has 1 heterocycles. The Hall–Kier alpha value is -5.09. The third kappa shape index (κ3) is 4.93. The molecule has 7 heteroatoms. The molecule has 0 spiro atoms. The van der Waals surface area contributed by atoms with Gasteiger partial charge in [-0.05, 0) is 60.5 Å². The number of carbonyl (C=O) groups is 1. The van der Waals surface area contributed by atoms with Crippen molar-refractivity contribution in [2.45, 2.75) is 13.5 Å². The molecule has 0 saturated carbocycles. The van der Waals surface area contributed by atoms with Crippen molar-refractivity contribution in [2.24, 2.45) is 0 Å². The number of carbonyl (C=O) groups excluding carboxylic acids is 1. The second-order valence-electron chi connectivity index (χ2n) is 8.51. The molecule has 0 atom stereocenters. The lowest BCUT2D eigenvalue weighted by Gasteiger charge is -2.13. The minimum atomic E-state index is -0.434. The minimum absolute atomic E-state index is 0.425. The zero-order valence-electron chi connectivity index (χ0n) is 21.0. The standard InChI is InChI=1S/C31H25N3O4/c1-3-37-31-33-28-11-7-10-26(30(35)36-2)29(28)34(31)20-21-12-14-22(15-13-21)27-18-25(17-16-23(27)19-32)38-24-8-5-4-6-9-24/h4-18H,3,20H2,1-2H3. The number of ether oxygens (including phenoxy) is 3.